The lowest BCUT2D eigenvalue weighted by Gasteiger charge is -2.30. The van der Waals surface area contributed by atoms with Crippen LogP contribution in [0.25, 0.3) is 0 Å². The Balaban J connectivity index is 1.48. The first kappa shape index (κ1) is 34.4. The number of alkyl halides is 3. The van der Waals surface area contributed by atoms with Crippen molar-refractivity contribution >= 4 is 5.97 Å². The molecule has 0 aromatic heterocycles. The van der Waals surface area contributed by atoms with Crippen LogP contribution in [0.15, 0.2) is 48.6 Å². The van der Waals surface area contributed by atoms with Gasteiger partial charge in [0.2, 0.25) is 0 Å². The largest absolute Gasteiger partial charge is 0.491 e. The van der Waals surface area contributed by atoms with Gasteiger partial charge in [-0.15, -0.1) is 0 Å². The summed E-state index contributed by atoms with van der Waals surface area (Å²) in [6.07, 6.45) is 8.59. The fourth-order valence-electron chi connectivity index (χ4n) is 5.93. The van der Waals surface area contributed by atoms with Gasteiger partial charge in [-0.25, -0.2) is 0 Å². The summed E-state index contributed by atoms with van der Waals surface area (Å²) in [4.78, 5) is 10.8. The molecule has 0 spiro atoms. The molecule has 1 aliphatic carbocycles. The quantitative estimate of drug-likeness (QED) is 0.165. The van der Waals surface area contributed by atoms with Gasteiger partial charge in [0, 0.05) is 32.0 Å². The van der Waals surface area contributed by atoms with Crippen LogP contribution in [0.2, 0.25) is 0 Å². The van der Waals surface area contributed by atoms with Crippen LogP contribution >= 0.6 is 0 Å². The van der Waals surface area contributed by atoms with Gasteiger partial charge in [-0.3, -0.25) is 4.79 Å². The lowest BCUT2D eigenvalue weighted by atomic mass is 9.89. The van der Waals surface area contributed by atoms with Gasteiger partial charge in [0.1, 0.15) is 18.5 Å². The molecule has 2 saturated heterocycles. The van der Waals surface area contributed by atoms with Gasteiger partial charge in [-0.1, -0.05) is 30.4 Å². The molecule has 246 valence electrons. The lowest BCUT2D eigenvalue weighted by molar-refractivity contribution is -0.193. The molecule has 0 amide bonds. The number of aliphatic hydroxyl groups excluding tert-OH is 1. The van der Waals surface area contributed by atoms with Gasteiger partial charge in [0.05, 0.1) is 17.8 Å². The molecule has 2 heterocycles. The number of hydrogen-bond donors (Lipinski definition) is 2. The molecule has 3 aliphatic rings. The monoisotopic (exact) mass is 626 g/mol. The molecule has 2 aliphatic heterocycles. The van der Waals surface area contributed by atoms with E-state index in [1.54, 1.807) is 0 Å². The van der Waals surface area contributed by atoms with E-state index in [4.69, 9.17) is 28.8 Å². The minimum Gasteiger partial charge on any atom is -0.491 e. The smallest absolute Gasteiger partial charge is 0.416 e. The molecule has 2 N–H and O–H groups in total. The summed E-state index contributed by atoms with van der Waals surface area (Å²) in [5, 5.41) is 19.9. The first-order chi connectivity index (χ1) is 21.2. The van der Waals surface area contributed by atoms with E-state index in [9.17, 15) is 23.1 Å². The first-order valence-corrected chi connectivity index (χ1v) is 15.8. The Bertz CT molecular complexity index is 1070. The van der Waals surface area contributed by atoms with Crippen molar-refractivity contribution in [1.82, 2.24) is 0 Å². The number of carboxylic acid groups (broad SMARTS) is 1. The van der Waals surface area contributed by atoms with E-state index in [-0.39, 0.29) is 43.0 Å². The maximum atomic E-state index is 13.2. The van der Waals surface area contributed by atoms with Crippen molar-refractivity contribution in [1.29, 1.82) is 0 Å². The molecular weight excluding hydrogens is 581 g/mol. The van der Waals surface area contributed by atoms with Crippen molar-refractivity contribution in [2.45, 2.75) is 108 Å². The van der Waals surface area contributed by atoms with Crippen LogP contribution in [0.1, 0.15) is 76.2 Å². The predicted molar refractivity (Wildman–Crippen MR) is 156 cm³/mol. The second kappa shape index (κ2) is 17.3. The predicted octanol–water partition coefficient (Wildman–Crippen LogP) is 6.66. The standard InChI is InChI=1S/C33H45F3O8/c34-33(35,36)23-10-9-11-24(20-23)42-22-25(43-31-14-5-7-18-40-31)16-17-27-26(12-3-1-2-4-13-30(38)39)28(37)21-29(27)44-32-15-6-8-19-41-32/h1,3,9-11,16-17,20,25-29,31-32,37H,2,4-8,12-15,18-19,21-22H2,(H,38,39)/t25-,26-,27-,28+,29-,31?,32?/m1/s1. The zero-order valence-electron chi connectivity index (χ0n) is 25.0. The third-order valence-electron chi connectivity index (χ3n) is 8.28. The number of carbonyl (C=O) groups is 1. The van der Waals surface area contributed by atoms with Crippen molar-refractivity contribution < 1.29 is 51.9 Å². The van der Waals surface area contributed by atoms with Crippen LogP contribution in [0.4, 0.5) is 13.2 Å². The topological polar surface area (TPSA) is 104 Å². The number of rotatable bonds is 15. The summed E-state index contributed by atoms with van der Waals surface area (Å²) in [6, 6.07) is 4.76. The lowest BCUT2D eigenvalue weighted by Crippen LogP contribution is -2.32. The van der Waals surface area contributed by atoms with E-state index in [1.165, 1.54) is 12.1 Å². The molecule has 0 bridgehead atoms. The van der Waals surface area contributed by atoms with E-state index < -0.39 is 36.2 Å². The summed E-state index contributed by atoms with van der Waals surface area (Å²) in [6.45, 7) is 1.17. The van der Waals surface area contributed by atoms with Crippen molar-refractivity contribution in [3.63, 3.8) is 0 Å². The molecule has 2 unspecified atom stereocenters. The molecule has 8 nitrogen and oxygen atoms in total. The summed E-state index contributed by atoms with van der Waals surface area (Å²) in [5.41, 5.74) is -0.789. The molecule has 1 saturated carbocycles. The molecule has 0 radical (unpaired) electrons. The summed E-state index contributed by atoms with van der Waals surface area (Å²) in [7, 11) is 0. The fourth-order valence-corrected chi connectivity index (χ4v) is 5.93. The Morgan fingerprint density at radius 2 is 1.82 bits per heavy atom. The molecular formula is C33H45F3O8. The van der Waals surface area contributed by atoms with Crippen LogP contribution in [0.5, 0.6) is 5.75 Å². The third-order valence-corrected chi connectivity index (χ3v) is 8.28. The number of benzene rings is 1. The Morgan fingerprint density at radius 3 is 2.50 bits per heavy atom. The van der Waals surface area contributed by atoms with E-state index in [1.807, 2.05) is 24.3 Å². The number of aliphatic carboxylic acids is 1. The highest BCUT2D eigenvalue weighted by Crippen LogP contribution is 2.40. The molecule has 3 fully saturated rings. The molecule has 4 rings (SSSR count). The molecule has 1 aromatic carbocycles. The van der Waals surface area contributed by atoms with E-state index >= 15 is 0 Å². The van der Waals surface area contributed by atoms with Crippen molar-refractivity contribution in [2.75, 3.05) is 19.8 Å². The van der Waals surface area contributed by atoms with Crippen LogP contribution in [-0.2, 0) is 29.9 Å². The van der Waals surface area contributed by atoms with Gasteiger partial charge in [-0.05, 0) is 81.9 Å². The van der Waals surface area contributed by atoms with Gasteiger partial charge < -0.3 is 33.9 Å². The van der Waals surface area contributed by atoms with Crippen LogP contribution in [0, 0.1) is 11.8 Å². The number of allylic oxidation sites excluding steroid dienone is 2. The number of unbranched alkanes of at least 4 members (excludes halogenated alkanes) is 1. The minimum atomic E-state index is -4.48. The van der Waals surface area contributed by atoms with Gasteiger partial charge in [-0.2, -0.15) is 13.2 Å². The maximum Gasteiger partial charge on any atom is 0.416 e. The highest BCUT2D eigenvalue weighted by atomic mass is 19.4. The highest BCUT2D eigenvalue weighted by molar-refractivity contribution is 5.66. The Morgan fingerprint density at radius 1 is 1.07 bits per heavy atom. The second-order valence-electron chi connectivity index (χ2n) is 11.7. The molecule has 1 aromatic rings. The number of carboxylic acids is 1. The highest BCUT2D eigenvalue weighted by Gasteiger charge is 2.42. The van der Waals surface area contributed by atoms with E-state index in [0.717, 1.165) is 44.2 Å². The van der Waals surface area contributed by atoms with Crippen LogP contribution < -0.4 is 4.74 Å². The fraction of sp³-hybridized carbons (Fsp3) is 0.667. The average Bonchev–Trinajstić information content (AvgIpc) is 3.29. The van der Waals surface area contributed by atoms with Gasteiger partial charge in [0.25, 0.3) is 0 Å². The van der Waals surface area contributed by atoms with Crippen LogP contribution in [0.3, 0.4) is 0 Å². The Kier molecular flexibility index (Phi) is 13.5. The molecule has 11 heteroatoms. The normalized spacial score (nSPS) is 28.9. The Labute approximate surface area is 257 Å². The number of hydrogen-bond acceptors (Lipinski definition) is 7. The average molecular weight is 627 g/mol. The third kappa shape index (κ3) is 11.2. The maximum absolute atomic E-state index is 13.2. The van der Waals surface area contributed by atoms with E-state index in [0.29, 0.717) is 45.3 Å². The summed E-state index contributed by atoms with van der Waals surface area (Å²) >= 11 is 0. The van der Waals surface area contributed by atoms with E-state index in [2.05, 4.69) is 0 Å². The summed E-state index contributed by atoms with van der Waals surface area (Å²) < 4.78 is 69.7. The molecule has 44 heavy (non-hydrogen) atoms. The van der Waals surface area contributed by atoms with Crippen molar-refractivity contribution in [3.05, 3.63) is 54.1 Å². The number of aliphatic hydroxyl groups is 1. The van der Waals surface area contributed by atoms with Crippen LogP contribution in [-0.4, -0.2) is 66.9 Å². The Hall–Kier alpha value is -2.44. The van der Waals surface area contributed by atoms with Crippen molar-refractivity contribution in [3.8, 4) is 5.75 Å². The molecule has 7 atom stereocenters. The van der Waals surface area contributed by atoms with Gasteiger partial charge >= 0.3 is 12.1 Å². The van der Waals surface area contributed by atoms with Crippen molar-refractivity contribution in [2.24, 2.45) is 11.8 Å². The SMILES string of the molecule is O=C(O)CCCC=CC[C@@H]1[C@@H](C=C[C@H](COc2cccc(C(F)(F)F)c2)OC2CCCCO2)[C@H](OC2CCCCO2)C[C@@H]1O. The zero-order valence-corrected chi connectivity index (χ0v) is 25.0. The number of ether oxygens (including phenoxy) is 5. The minimum absolute atomic E-state index is 0.0294. The van der Waals surface area contributed by atoms with Gasteiger partial charge in [0.15, 0.2) is 12.6 Å². The zero-order chi connectivity index (χ0) is 31.4. The second-order valence-corrected chi connectivity index (χ2v) is 11.7. The summed E-state index contributed by atoms with van der Waals surface area (Å²) in [5.74, 6) is -1.09. The first-order valence-electron chi connectivity index (χ1n) is 15.8. The number of halogens is 3.